The molecule has 0 spiro atoms. The van der Waals surface area contributed by atoms with Gasteiger partial charge in [-0.15, -0.1) is 0 Å². The summed E-state index contributed by atoms with van der Waals surface area (Å²) < 4.78 is 0. The molecular weight excluding hydrogens is 216 g/mol. The predicted octanol–water partition coefficient (Wildman–Crippen LogP) is 1.08. The maximum Gasteiger partial charge on any atom is 0.245 e. The average molecular weight is 236 g/mol. The summed E-state index contributed by atoms with van der Waals surface area (Å²) in [7, 11) is 0. The number of piperazine rings is 1. The van der Waals surface area contributed by atoms with Crippen LogP contribution in [0, 0.1) is 5.92 Å². The molecule has 1 saturated heterocycles. The number of amides is 2. The first-order valence-corrected chi connectivity index (χ1v) is 6.30. The van der Waals surface area contributed by atoms with Crippen LogP contribution in [0.15, 0.2) is 12.2 Å². The second-order valence-corrected chi connectivity index (χ2v) is 5.26. The molecule has 94 valence electrons. The fraction of sp³-hybridized carbons (Fsp3) is 0.692. The Hall–Kier alpha value is -1.32. The minimum Gasteiger partial charge on any atom is -0.343 e. The molecule has 0 aromatic rings. The van der Waals surface area contributed by atoms with Crippen LogP contribution >= 0.6 is 0 Å². The lowest BCUT2D eigenvalue weighted by molar-refractivity contribution is -0.153. The van der Waals surface area contributed by atoms with Crippen LogP contribution in [0.4, 0.5) is 0 Å². The average Bonchev–Trinajstić information content (AvgIpc) is 2.75. The molecule has 1 heterocycles. The molecule has 4 nitrogen and oxygen atoms in total. The molecule has 17 heavy (non-hydrogen) atoms. The highest BCUT2D eigenvalue weighted by Crippen LogP contribution is 2.26. The third kappa shape index (κ3) is 2.08. The van der Waals surface area contributed by atoms with E-state index in [9.17, 15) is 9.59 Å². The zero-order chi connectivity index (χ0) is 12.6. The third-order valence-corrected chi connectivity index (χ3v) is 3.56. The highest BCUT2D eigenvalue weighted by Gasteiger charge is 2.43. The Bertz CT molecular complexity index is 354. The van der Waals surface area contributed by atoms with Gasteiger partial charge in [-0.3, -0.25) is 9.59 Å². The summed E-state index contributed by atoms with van der Waals surface area (Å²) in [5, 5.41) is 2.76. The van der Waals surface area contributed by atoms with E-state index in [4.69, 9.17) is 0 Å². The predicted molar refractivity (Wildman–Crippen MR) is 65.2 cm³/mol. The quantitative estimate of drug-likeness (QED) is 0.729. The van der Waals surface area contributed by atoms with Crippen molar-refractivity contribution in [1.29, 1.82) is 0 Å². The van der Waals surface area contributed by atoms with E-state index in [1.54, 1.807) is 6.92 Å². The summed E-state index contributed by atoms with van der Waals surface area (Å²) in [6.07, 6.45) is 5.92. The Kier molecular flexibility index (Phi) is 3.22. The summed E-state index contributed by atoms with van der Waals surface area (Å²) in [5.41, 5.74) is 0. The van der Waals surface area contributed by atoms with E-state index < -0.39 is 6.04 Å². The van der Waals surface area contributed by atoms with Gasteiger partial charge in [-0.2, -0.15) is 0 Å². The molecule has 2 unspecified atom stereocenters. The normalized spacial score (nSPS) is 30.2. The van der Waals surface area contributed by atoms with Crippen molar-refractivity contribution >= 4 is 11.8 Å². The second kappa shape index (κ2) is 4.51. The van der Waals surface area contributed by atoms with Crippen molar-refractivity contribution in [3.8, 4) is 0 Å². The Labute approximate surface area is 102 Å². The van der Waals surface area contributed by atoms with Crippen LogP contribution in [-0.2, 0) is 9.59 Å². The largest absolute Gasteiger partial charge is 0.343 e. The van der Waals surface area contributed by atoms with Crippen molar-refractivity contribution in [2.75, 3.05) is 0 Å². The van der Waals surface area contributed by atoms with Crippen molar-refractivity contribution in [2.24, 2.45) is 5.92 Å². The van der Waals surface area contributed by atoms with E-state index in [0.717, 1.165) is 12.8 Å². The molecule has 0 aromatic heterocycles. The molecule has 0 bridgehead atoms. The Morgan fingerprint density at radius 1 is 1.29 bits per heavy atom. The first-order chi connectivity index (χ1) is 8.02. The van der Waals surface area contributed by atoms with Gasteiger partial charge in [0.2, 0.25) is 11.8 Å². The number of carbonyl (C=O) groups excluding carboxylic acids is 2. The Balaban J connectivity index is 2.26. The molecular formula is C13H20N2O2. The molecule has 4 heteroatoms. The molecule has 0 aromatic carbocycles. The Morgan fingerprint density at radius 3 is 2.41 bits per heavy atom. The summed E-state index contributed by atoms with van der Waals surface area (Å²) in [6.45, 7) is 5.73. The van der Waals surface area contributed by atoms with Gasteiger partial charge in [0.25, 0.3) is 0 Å². The number of nitrogens with zero attached hydrogens (tertiary/aromatic N) is 1. The van der Waals surface area contributed by atoms with Gasteiger partial charge < -0.3 is 10.2 Å². The van der Waals surface area contributed by atoms with Crippen LogP contribution in [0.3, 0.4) is 0 Å². The molecule has 0 radical (unpaired) electrons. The van der Waals surface area contributed by atoms with Crippen LogP contribution in [0.1, 0.15) is 33.6 Å². The van der Waals surface area contributed by atoms with Crippen molar-refractivity contribution in [2.45, 2.75) is 51.7 Å². The lowest BCUT2D eigenvalue weighted by Crippen LogP contribution is -2.66. The van der Waals surface area contributed by atoms with E-state index in [1.807, 2.05) is 18.7 Å². The van der Waals surface area contributed by atoms with Crippen LogP contribution < -0.4 is 5.32 Å². The topological polar surface area (TPSA) is 49.4 Å². The van der Waals surface area contributed by atoms with Crippen LogP contribution in [0.2, 0.25) is 0 Å². The maximum atomic E-state index is 12.3. The van der Waals surface area contributed by atoms with Gasteiger partial charge in [-0.1, -0.05) is 26.0 Å². The fourth-order valence-electron chi connectivity index (χ4n) is 2.71. The van der Waals surface area contributed by atoms with Gasteiger partial charge >= 0.3 is 0 Å². The van der Waals surface area contributed by atoms with Crippen molar-refractivity contribution < 1.29 is 9.59 Å². The Morgan fingerprint density at radius 2 is 1.88 bits per heavy atom. The van der Waals surface area contributed by atoms with Crippen molar-refractivity contribution in [3.05, 3.63) is 12.2 Å². The van der Waals surface area contributed by atoms with E-state index in [2.05, 4.69) is 17.5 Å². The van der Waals surface area contributed by atoms with Gasteiger partial charge in [0.15, 0.2) is 0 Å². The van der Waals surface area contributed by atoms with Gasteiger partial charge in [0, 0.05) is 6.04 Å². The van der Waals surface area contributed by atoms with E-state index in [1.165, 1.54) is 0 Å². The first kappa shape index (κ1) is 12.1. The summed E-state index contributed by atoms with van der Waals surface area (Å²) in [4.78, 5) is 26.1. The number of hydrogen-bond donors (Lipinski definition) is 1. The highest BCUT2D eigenvalue weighted by atomic mass is 16.2. The monoisotopic (exact) mass is 236 g/mol. The van der Waals surface area contributed by atoms with Crippen molar-refractivity contribution in [1.82, 2.24) is 10.2 Å². The molecule has 0 saturated carbocycles. The number of hydrogen-bond acceptors (Lipinski definition) is 2. The first-order valence-electron chi connectivity index (χ1n) is 6.30. The van der Waals surface area contributed by atoms with Gasteiger partial charge in [0.05, 0.1) is 0 Å². The lowest BCUT2D eigenvalue weighted by atomic mass is 9.94. The molecule has 1 aliphatic carbocycles. The van der Waals surface area contributed by atoms with E-state index in [0.29, 0.717) is 0 Å². The fourth-order valence-corrected chi connectivity index (χ4v) is 2.71. The standard InChI is InChI=1S/C13H20N2O2/c1-8(2)11-12(16)14-9(3)13(17)15(11)10-6-4-5-7-10/h4-5,8-11H,6-7H2,1-3H3,(H,14,16). The second-order valence-electron chi connectivity index (χ2n) is 5.26. The maximum absolute atomic E-state index is 12.3. The van der Waals surface area contributed by atoms with Crippen LogP contribution in [0.5, 0.6) is 0 Å². The molecule has 1 aliphatic heterocycles. The molecule has 2 aliphatic rings. The lowest BCUT2D eigenvalue weighted by Gasteiger charge is -2.43. The molecule has 2 amide bonds. The van der Waals surface area contributed by atoms with E-state index in [-0.39, 0.29) is 29.8 Å². The molecule has 2 atom stereocenters. The molecule has 2 rings (SSSR count). The number of rotatable bonds is 2. The van der Waals surface area contributed by atoms with Gasteiger partial charge in [-0.05, 0) is 25.7 Å². The number of nitrogens with one attached hydrogen (secondary N) is 1. The van der Waals surface area contributed by atoms with Crippen LogP contribution in [0.25, 0.3) is 0 Å². The van der Waals surface area contributed by atoms with Gasteiger partial charge in [-0.25, -0.2) is 0 Å². The SMILES string of the molecule is CC1NC(=O)C(C(C)C)N(C2CC=CC2)C1=O. The summed E-state index contributed by atoms with van der Waals surface area (Å²) in [5.74, 6) is 0.183. The summed E-state index contributed by atoms with van der Waals surface area (Å²) >= 11 is 0. The van der Waals surface area contributed by atoms with Gasteiger partial charge in [0.1, 0.15) is 12.1 Å². The van der Waals surface area contributed by atoms with Crippen molar-refractivity contribution in [3.63, 3.8) is 0 Å². The number of carbonyl (C=O) groups is 2. The zero-order valence-corrected chi connectivity index (χ0v) is 10.6. The minimum atomic E-state index is -0.391. The molecule has 1 fully saturated rings. The summed E-state index contributed by atoms with van der Waals surface area (Å²) in [6, 6.07) is -0.537. The third-order valence-electron chi connectivity index (χ3n) is 3.56. The van der Waals surface area contributed by atoms with Crippen LogP contribution in [-0.4, -0.2) is 34.8 Å². The van der Waals surface area contributed by atoms with E-state index >= 15 is 0 Å². The highest BCUT2D eigenvalue weighted by molar-refractivity contribution is 5.97. The smallest absolute Gasteiger partial charge is 0.245 e. The molecule has 1 N–H and O–H groups in total. The zero-order valence-electron chi connectivity index (χ0n) is 10.6. The minimum absolute atomic E-state index is 0.0148.